The molecule has 0 unspecified atom stereocenters. The molecule has 2 heterocycles. The molecule has 0 saturated heterocycles. The molecular weight excluding hydrogens is 466 g/mol. The van der Waals surface area contributed by atoms with Gasteiger partial charge in [0.05, 0.1) is 17.4 Å². The number of alkyl halides is 3. The van der Waals surface area contributed by atoms with Gasteiger partial charge in [-0.2, -0.15) is 13.2 Å². The smallest absolute Gasteiger partial charge is 0.334 e. The highest BCUT2D eigenvalue weighted by Gasteiger charge is 2.31. The van der Waals surface area contributed by atoms with E-state index in [2.05, 4.69) is 20.9 Å². The number of urea groups is 1. The maximum atomic E-state index is 13.9. The molecule has 4 aromatic rings. The van der Waals surface area contributed by atoms with E-state index in [-0.39, 0.29) is 12.5 Å². The molecule has 0 spiro atoms. The van der Waals surface area contributed by atoms with Crippen LogP contribution in [-0.4, -0.2) is 21.3 Å². The second kappa shape index (κ2) is 9.45. The van der Waals surface area contributed by atoms with Crippen molar-refractivity contribution >= 4 is 29.0 Å². The van der Waals surface area contributed by atoms with Gasteiger partial charge in [0.25, 0.3) is 5.91 Å². The Morgan fingerprint density at radius 3 is 2.57 bits per heavy atom. The predicted octanol–water partition coefficient (Wildman–Crippen LogP) is 5.37. The zero-order valence-electron chi connectivity index (χ0n) is 18.3. The average molecular weight is 485 g/mol. The highest BCUT2D eigenvalue weighted by molar-refractivity contribution is 6.04. The van der Waals surface area contributed by atoms with Gasteiger partial charge in [0.15, 0.2) is 0 Å². The number of halogens is 4. The number of nitrogens with one attached hydrogen (secondary N) is 3. The van der Waals surface area contributed by atoms with Crippen molar-refractivity contribution in [3.05, 3.63) is 95.2 Å². The molecule has 3 amide bonds. The molecule has 0 aliphatic carbocycles. The number of carbonyl (C=O) groups is 2. The van der Waals surface area contributed by atoms with Crippen molar-refractivity contribution in [3.8, 4) is 0 Å². The summed E-state index contributed by atoms with van der Waals surface area (Å²) >= 11 is 0. The molecule has 3 N–H and O–H groups in total. The van der Waals surface area contributed by atoms with E-state index in [1.54, 1.807) is 47.9 Å². The minimum atomic E-state index is -4.67. The lowest BCUT2D eigenvalue weighted by molar-refractivity contribution is -0.137. The fourth-order valence-corrected chi connectivity index (χ4v) is 3.35. The number of anilines is 2. The fourth-order valence-electron chi connectivity index (χ4n) is 3.35. The molecule has 35 heavy (non-hydrogen) atoms. The minimum absolute atomic E-state index is 0.0226. The highest BCUT2D eigenvalue weighted by Crippen LogP contribution is 2.31. The maximum absolute atomic E-state index is 13.9. The van der Waals surface area contributed by atoms with Gasteiger partial charge in [-0.25, -0.2) is 14.2 Å². The third-order valence-corrected chi connectivity index (χ3v) is 5.19. The standard InChI is InChI=1S/C24H19F4N5O2/c1-14-5-6-15(10-18(14)31-22(34)20-13-29-21-4-2-3-9-33(20)21)12-30-23(35)32-19-11-16(24(26,27)28)7-8-17(19)25/h2-11,13H,12H2,1H3,(H,31,34)(H2,30,32,35). The van der Waals surface area contributed by atoms with Crippen LogP contribution in [0.25, 0.3) is 5.65 Å². The van der Waals surface area contributed by atoms with Gasteiger partial charge >= 0.3 is 12.2 Å². The normalized spacial score (nSPS) is 11.3. The number of rotatable bonds is 5. The average Bonchev–Trinajstić information content (AvgIpc) is 3.24. The zero-order chi connectivity index (χ0) is 25.2. The Labute approximate surface area is 196 Å². The van der Waals surface area contributed by atoms with Crippen LogP contribution in [0.15, 0.2) is 67.0 Å². The summed E-state index contributed by atoms with van der Waals surface area (Å²) in [5, 5.41) is 7.36. The maximum Gasteiger partial charge on any atom is 0.416 e. The van der Waals surface area contributed by atoms with Crippen LogP contribution in [0.3, 0.4) is 0 Å². The van der Waals surface area contributed by atoms with Crippen LogP contribution in [0.5, 0.6) is 0 Å². The van der Waals surface area contributed by atoms with E-state index in [4.69, 9.17) is 0 Å². The van der Waals surface area contributed by atoms with Crippen molar-refractivity contribution in [2.24, 2.45) is 0 Å². The van der Waals surface area contributed by atoms with E-state index in [1.807, 2.05) is 6.07 Å². The molecule has 0 aliphatic rings. The van der Waals surface area contributed by atoms with Crippen molar-refractivity contribution in [3.63, 3.8) is 0 Å². The summed E-state index contributed by atoms with van der Waals surface area (Å²) in [5.41, 5.74) is 1.16. The van der Waals surface area contributed by atoms with Crippen LogP contribution < -0.4 is 16.0 Å². The topological polar surface area (TPSA) is 87.5 Å². The molecule has 2 aromatic carbocycles. The largest absolute Gasteiger partial charge is 0.416 e. The number of pyridine rings is 1. The van der Waals surface area contributed by atoms with Gasteiger partial charge in [-0.15, -0.1) is 0 Å². The van der Waals surface area contributed by atoms with Gasteiger partial charge in [0.2, 0.25) is 0 Å². The Kier molecular flexibility index (Phi) is 6.41. The Bertz CT molecular complexity index is 1410. The SMILES string of the molecule is Cc1ccc(CNC(=O)Nc2cc(C(F)(F)F)ccc2F)cc1NC(=O)c1cnc2ccccn12. The monoisotopic (exact) mass is 485 g/mol. The predicted molar refractivity (Wildman–Crippen MR) is 122 cm³/mol. The molecule has 0 saturated carbocycles. The highest BCUT2D eigenvalue weighted by atomic mass is 19.4. The molecule has 0 aliphatic heterocycles. The summed E-state index contributed by atoms with van der Waals surface area (Å²) < 4.78 is 54.0. The summed E-state index contributed by atoms with van der Waals surface area (Å²) in [5.74, 6) is -1.38. The van der Waals surface area contributed by atoms with E-state index in [0.717, 1.165) is 5.56 Å². The number of benzene rings is 2. The van der Waals surface area contributed by atoms with E-state index in [1.165, 1.54) is 6.20 Å². The van der Waals surface area contributed by atoms with Crippen molar-refractivity contribution in [1.29, 1.82) is 0 Å². The van der Waals surface area contributed by atoms with Crippen LogP contribution in [0, 0.1) is 12.7 Å². The molecule has 7 nitrogen and oxygen atoms in total. The number of amides is 3. The summed E-state index contributed by atoms with van der Waals surface area (Å²) in [6.45, 7) is 1.77. The number of aryl methyl sites for hydroxylation is 1. The molecule has 0 radical (unpaired) electrons. The van der Waals surface area contributed by atoms with Crippen LogP contribution in [0.4, 0.5) is 33.7 Å². The second-order valence-electron chi connectivity index (χ2n) is 7.68. The van der Waals surface area contributed by atoms with Crippen LogP contribution in [0.2, 0.25) is 0 Å². The molecule has 0 atom stereocenters. The number of nitrogens with zero attached hydrogens (tertiary/aromatic N) is 2. The van der Waals surface area contributed by atoms with E-state index in [9.17, 15) is 27.2 Å². The third kappa shape index (κ3) is 5.40. The summed E-state index contributed by atoms with van der Waals surface area (Å²) in [7, 11) is 0. The summed E-state index contributed by atoms with van der Waals surface area (Å²) in [4.78, 5) is 29.1. The fraction of sp³-hybridized carbons (Fsp3) is 0.125. The lowest BCUT2D eigenvalue weighted by atomic mass is 10.1. The van der Waals surface area contributed by atoms with E-state index in [0.29, 0.717) is 40.8 Å². The van der Waals surface area contributed by atoms with Gasteiger partial charge in [0.1, 0.15) is 17.2 Å². The number of hydrogen-bond acceptors (Lipinski definition) is 3. The second-order valence-corrected chi connectivity index (χ2v) is 7.68. The minimum Gasteiger partial charge on any atom is -0.334 e. The van der Waals surface area contributed by atoms with Gasteiger partial charge < -0.3 is 16.0 Å². The molecule has 4 rings (SSSR count). The first kappa shape index (κ1) is 23.7. The first-order valence-corrected chi connectivity index (χ1v) is 10.4. The number of aromatic nitrogens is 2. The lowest BCUT2D eigenvalue weighted by Crippen LogP contribution is -2.28. The van der Waals surface area contributed by atoms with E-state index >= 15 is 0 Å². The van der Waals surface area contributed by atoms with Crippen LogP contribution in [0.1, 0.15) is 27.2 Å². The first-order chi connectivity index (χ1) is 16.6. The number of hydrogen-bond donors (Lipinski definition) is 3. The Hall–Kier alpha value is -4.41. The van der Waals surface area contributed by atoms with Crippen molar-refractivity contribution in [1.82, 2.24) is 14.7 Å². The van der Waals surface area contributed by atoms with Crippen molar-refractivity contribution in [2.45, 2.75) is 19.6 Å². The Morgan fingerprint density at radius 2 is 1.80 bits per heavy atom. The molecule has 2 aromatic heterocycles. The molecule has 11 heteroatoms. The van der Waals surface area contributed by atoms with Crippen molar-refractivity contribution < 1.29 is 27.2 Å². The molecular formula is C24H19F4N5O2. The molecule has 0 bridgehead atoms. The number of carbonyl (C=O) groups excluding carboxylic acids is 2. The summed E-state index contributed by atoms with van der Waals surface area (Å²) in [6, 6.07) is 11.3. The Balaban J connectivity index is 1.42. The van der Waals surface area contributed by atoms with Gasteiger partial charge in [-0.05, 0) is 54.4 Å². The van der Waals surface area contributed by atoms with Gasteiger partial charge in [0, 0.05) is 18.4 Å². The molecule has 180 valence electrons. The van der Waals surface area contributed by atoms with E-state index < -0.39 is 29.3 Å². The molecule has 0 fully saturated rings. The third-order valence-electron chi connectivity index (χ3n) is 5.19. The number of fused-ring (bicyclic) bond motifs is 1. The quantitative estimate of drug-likeness (QED) is 0.332. The summed E-state index contributed by atoms with van der Waals surface area (Å²) in [6.07, 6.45) is -1.49. The van der Waals surface area contributed by atoms with Crippen LogP contribution in [-0.2, 0) is 12.7 Å². The van der Waals surface area contributed by atoms with Crippen molar-refractivity contribution in [2.75, 3.05) is 10.6 Å². The zero-order valence-corrected chi connectivity index (χ0v) is 18.3. The lowest BCUT2D eigenvalue weighted by Gasteiger charge is -2.13. The van der Waals surface area contributed by atoms with Crippen LogP contribution >= 0.6 is 0 Å². The number of imidazole rings is 1. The first-order valence-electron chi connectivity index (χ1n) is 10.4. The Morgan fingerprint density at radius 1 is 1.00 bits per heavy atom. The van der Waals surface area contributed by atoms with Gasteiger partial charge in [-0.1, -0.05) is 18.2 Å². The van der Waals surface area contributed by atoms with Gasteiger partial charge in [-0.3, -0.25) is 9.20 Å².